The SMILES string of the molecule is CC(C)C(C1=CCOC1=O)c1ccccc1. The highest BCUT2D eigenvalue weighted by Crippen LogP contribution is 2.34. The van der Waals surface area contributed by atoms with Crippen LogP contribution in [0.5, 0.6) is 0 Å². The van der Waals surface area contributed by atoms with Gasteiger partial charge in [0.2, 0.25) is 0 Å². The summed E-state index contributed by atoms with van der Waals surface area (Å²) in [6, 6.07) is 10.1. The van der Waals surface area contributed by atoms with E-state index in [4.69, 9.17) is 4.74 Å². The molecule has 0 spiro atoms. The minimum atomic E-state index is -0.164. The minimum absolute atomic E-state index is 0.149. The summed E-state index contributed by atoms with van der Waals surface area (Å²) in [4.78, 5) is 11.6. The number of carbonyl (C=O) groups is 1. The summed E-state index contributed by atoms with van der Waals surface area (Å²) in [6.07, 6.45) is 1.90. The Kier molecular flexibility index (Phi) is 3.09. The lowest BCUT2D eigenvalue weighted by atomic mass is 9.82. The fraction of sp³-hybridized carbons (Fsp3) is 0.357. The van der Waals surface area contributed by atoms with Gasteiger partial charge in [0, 0.05) is 11.5 Å². The van der Waals surface area contributed by atoms with E-state index in [0.717, 1.165) is 5.57 Å². The largest absolute Gasteiger partial charge is 0.458 e. The third kappa shape index (κ3) is 2.01. The summed E-state index contributed by atoms with van der Waals surface area (Å²) >= 11 is 0. The molecule has 0 aromatic heterocycles. The van der Waals surface area contributed by atoms with Crippen LogP contribution in [-0.4, -0.2) is 12.6 Å². The second kappa shape index (κ2) is 4.52. The molecule has 0 N–H and O–H groups in total. The zero-order valence-corrected chi connectivity index (χ0v) is 9.64. The van der Waals surface area contributed by atoms with E-state index in [2.05, 4.69) is 26.0 Å². The number of benzene rings is 1. The van der Waals surface area contributed by atoms with Crippen molar-refractivity contribution in [3.63, 3.8) is 0 Å². The van der Waals surface area contributed by atoms with Crippen molar-refractivity contribution in [2.75, 3.05) is 6.61 Å². The van der Waals surface area contributed by atoms with Crippen molar-refractivity contribution < 1.29 is 9.53 Å². The average molecular weight is 216 g/mol. The number of cyclic esters (lactones) is 1. The van der Waals surface area contributed by atoms with Crippen LogP contribution >= 0.6 is 0 Å². The second-order valence-electron chi connectivity index (χ2n) is 4.39. The zero-order chi connectivity index (χ0) is 11.5. The molecule has 0 radical (unpaired) electrons. The molecular weight excluding hydrogens is 200 g/mol. The molecular formula is C14H16O2. The molecule has 2 nitrogen and oxygen atoms in total. The van der Waals surface area contributed by atoms with Gasteiger partial charge in [0.15, 0.2) is 0 Å². The lowest BCUT2D eigenvalue weighted by Crippen LogP contribution is -2.14. The third-order valence-electron chi connectivity index (χ3n) is 2.91. The van der Waals surface area contributed by atoms with Crippen LogP contribution in [0, 0.1) is 5.92 Å². The molecule has 1 aliphatic heterocycles. The first kappa shape index (κ1) is 10.9. The molecule has 0 amide bonds. The smallest absolute Gasteiger partial charge is 0.334 e. The highest BCUT2D eigenvalue weighted by Gasteiger charge is 2.29. The molecule has 1 atom stereocenters. The van der Waals surface area contributed by atoms with Crippen LogP contribution in [0.15, 0.2) is 42.0 Å². The van der Waals surface area contributed by atoms with Gasteiger partial charge < -0.3 is 4.74 Å². The highest BCUT2D eigenvalue weighted by molar-refractivity contribution is 5.92. The van der Waals surface area contributed by atoms with Crippen molar-refractivity contribution in [3.8, 4) is 0 Å². The van der Waals surface area contributed by atoms with E-state index in [-0.39, 0.29) is 11.9 Å². The predicted octanol–water partition coefficient (Wildman–Crippen LogP) is 2.91. The van der Waals surface area contributed by atoms with Crippen molar-refractivity contribution in [3.05, 3.63) is 47.5 Å². The van der Waals surface area contributed by atoms with Gasteiger partial charge in [-0.1, -0.05) is 44.2 Å². The van der Waals surface area contributed by atoms with Crippen LogP contribution in [0.25, 0.3) is 0 Å². The molecule has 84 valence electrons. The second-order valence-corrected chi connectivity index (χ2v) is 4.39. The molecule has 16 heavy (non-hydrogen) atoms. The molecule has 1 heterocycles. The van der Waals surface area contributed by atoms with E-state index >= 15 is 0 Å². The predicted molar refractivity (Wildman–Crippen MR) is 63.1 cm³/mol. The van der Waals surface area contributed by atoms with Gasteiger partial charge in [0.25, 0.3) is 0 Å². The monoisotopic (exact) mass is 216 g/mol. The van der Waals surface area contributed by atoms with Crippen molar-refractivity contribution >= 4 is 5.97 Å². The average Bonchev–Trinajstić information content (AvgIpc) is 2.66. The lowest BCUT2D eigenvalue weighted by Gasteiger charge is -2.21. The zero-order valence-electron chi connectivity index (χ0n) is 9.64. The Labute approximate surface area is 95.9 Å². The van der Waals surface area contributed by atoms with Crippen LogP contribution < -0.4 is 0 Å². The quantitative estimate of drug-likeness (QED) is 0.726. The van der Waals surface area contributed by atoms with Gasteiger partial charge in [-0.25, -0.2) is 4.79 Å². The first-order valence-corrected chi connectivity index (χ1v) is 5.62. The van der Waals surface area contributed by atoms with E-state index in [9.17, 15) is 4.79 Å². The summed E-state index contributed by atoms with van der Waals surface area (Å²) in [5, 5.41) is 0. The molecule has 0 saturated carbocycles. The van der Waals surface area contributed by atoms with Gasteiger partial charge in [-0.2, -0.15) is 0 Å². The number of hydrogen-bond acceptors (Lipinski definition) is 2. The van der Waals surface area contributed by atoms with Crippen molar-refractivity contribution in [2.24, 2.45) is 5.92 Å². The molecule has 0 saturated heterocycles. The van der Waals surface area contributed by atoms with E-state index in [1.807, 2.05) is 24.3 Å². The van der Waals surface area contributed by atoms with Crippen molar-refractivity contribution in [2.45, 2.75) is 19.8 Å². The maximum Gasteiger partial charge on any atom is 0.334 e. The van der Waals surface area contributed by atoms with Crippen LogP contribution in [-0.2, 0) is 9.53 Å². The Morgan fingerprint density at radius 3 is 2.38 bits per heavy atom. The van der Waals surface area contributed by atoms with Gasteiger partial charge in [-0.05, 0) is 17.6 Å². The third-order valence-corrected chi connectivity index (χ3v) is 2.91. The standard InChI is InChI=1S/C14H16O2/c1-10(2)13(11-6-4-3-5-7-11)12-8-9-16-14(12)15/h3-8,10,13H,9H2,1-2H3. The van der Waals surface area contributed by atoms with E-state index in [1.165, 1.54) is 5.56 Å². The number of carbonyl (C=O) groups excluding carboxylic acids is 1. The van der Waals surface area contributed by atoms with Gasteiger partial charge in [-0.15, -0.1) is 0 Å². The van der Waals surface area contributed by atoms with Gasteiger partial charge in [0.1, 0.15) is 6.61 Å². The summed E-state index contributed by atoms with van der Waals surface area (Å²) in [5.74, 6) is 0.373. The molecule has 1 aromatic rings. The van der Waals surface area contributed by atoms with E-state index in [1.54, 1.807) is 0 Å². The molecule has 0 fully saturated rings. The molecule has 0 bridgehead atoms. The number of esters is 1. The van der Waals surface area contributed by atoms with E-state index < -0.39 is 0 Å². The summed E-state index contributed by atoms with van der Waals surface area (Å²) in [5.41, 5.74) is 1.99. The molecule has 2 rings (SSSR count). The molecule has 0 aliphatic carbocycles. The topological polar surface area (TPSA) is 26.3 Å². The number of ether oxygens (including phenoxy) is 1. The van der Waals surface area contributed by atoms with Crippen LogP contribution in [0.4, 0.5) is 0 Å². The number of hydrogen-bond donors (Lipinski definition) is 0. The van der Waals surface area contributed by atoms with Crippen LogP contribution in [0.2, 0.25) is 0 Å². The minimum Gasteiger partial charge on any atom is -0.458 e. The van der Waals surface area contributed by atoms with E-state index in [0.29, 0.717) is 12.5 Å². The van der Waals surface area contributed by atoms with Crippen molar-refractivity contribution in [1.82, 2.24) is 0 Å². The summed E-state index contributed by atoms with van der Waals surface area (Å²) in [6.45, 7) is 4.68. The van der Waals surface area contributed by atoms with Gasteiger partial charge in [0.05, 0.1) is 0 Å². The highest BCUT2D eigenvalue weighted by atomic mass is 16.5. The first-order valence-electron chi connectivity index (χ1n) is 5.62. The molecule has 1 unspecified atom stereocenters. The first-order chi connectivity index (χ1) is 7.70. The maximum atomic E-state index is 11.6. The van der Waals surface area contributed by atoms with Gasteiger partial charge >= 0.3 is 5.97 Å². The molecule has 2 heteroatoms. The number of rotatable bonds is 3. The Hall–Kier alpha value is -1.57. The van der Waals surface area contributed by atoms with Crippen molar-refractivity contribution in [1.29, 1.82) is 0 Å². The Morgan fingerprint density at radius 1 is 1.19 bits per heavy atom. The Balaban J connectivity index is 2.35. The van der Waals surface area contributed by atoms with Gasteiger partial charge in [-0.3, -0.25) is 0 Å². The molecule has 1 aromatic carbocycles. The lowest BCUT2D eigenvalue weighted by molar-refractivity contribution is -0.136. The normalized spacial score (nSPS) is 17.2. The Bertz CT molecular complexity index is 404. The maximum absolute atomic E-state index is 11.6. The Morgan fingerprint density at radius 2 is 1.88 bits per heavy atom. The summed E-state index contributed by atoms with van der Waals surface area (Å²) in [7, 11) is 0. The fourth-order valence-corrected chi connectivity index (χ4v) is 2.21. The van der Waals surface area contributed by atoms with Crippen LogP contribution in [0.3, 0.4) is 0 Å². The summed E-state index contributed by atoms with van der Waals surface area (Å²) < 4.78 is 4.99. The fourth-order valence-electron chi connectivity index (χ4n) is 2.21. The molecule has 1 aliphatic rings. The van der Waals surface area contributed by atoms with Crippen LogP contribution in [0.1, 0.15) is 25.3 Å².